The predicted molar refractivity (Wildman–Crippen MR) is 80.0 cm³/mol. The van der Waals surface area contributed by atoms with Gasteiger partial charge in [0.25, 0.3) is 0 Å². The van der Waals surface area contributed by atoms with Crippen molar-refractivity contribution < 1.29 is 14.6 Å². The molecule has 2 unspecified atom stereocenters. The maximum atomic E-state index is 11.4. The Hall–Kier alpha value is -0.650. The van der Waals surface area contributed by atoms with Gasteiger partial charge in [-0.1, -0.05) is 6.92 Å². The van der Waals surface area contributed by atoms with Crippen LogP contribution in [0.1, 0.15) is 47.0 Å². The number of hydrogen-bond acceptors (Lipinski definition) is 4. The summed E-state index contributed by atoms with van der Waals surface area (Å²) < 4.78 is 5.88. The summed E-state index contributed by atoms with van der Waals surface area (Å²) in [6.07, 6.45) is 2.37. The van der Waals surface area contributed by atoms with Crippen LogP contribution in [0.3, 0.4) is 0 Å². The van der Waals surface area contributed by atoms with E-state index in [-0.39, 0.29) is 11.7 Å². The highest BCUT2D eigenvalue weighted by Gasteiger charge is 2.35. The minimum Gasteiger partial charge on any atom is -0.480 e. The summed E-state index contributed by atoms with van der Waals surface area (Å²) in [4.78, 5) is 13.8. The number of hydrogen-bond donors (Lipinski definition) is 2. The lowest BCUT2D eigenvalue weighted by Gasteiger charge is -2.42. The smallest absolute Gasteiger partial charge is 0.323 e. The molecule has 0 aromatic carbocycles. The number of carboxylic acid groups (broad SMARTS) is 1. The minimum atomic E-state index is -0.784. The molecule has 1 aliphatic heterocycles. The van der Waals surface area contributed by atoms with Crippen LogP contribution in [0.4, 0.5) is 0 Å². The van der Waals surface area contributed by atoms with E-state index in [4.69, 9.17) is 4.74 Å². The molecule has 5 heteroatoms. The van der Waals surface area contributed by atoms with Gasteiger partial charge in [-0.15, -0.1) is 0 Å². The van der Waals surface area contributed by atoms with Gasteiger partial charge in [-0.25, -0.2) is 0 Å². The highest BCUT2D eigenvalue weighted by molar-refractivity contribution is 5.78. The first-order valence-corrected chi connectivity index (χ1v) is 7.57. The van der Waals surface area contributed by atoms with Gasteiger partial charge in [-0.05, 0) is 53.6 Å². The summed E-state index contributed by atoms with van der Waals surface area (Å²) in [5.41, 5.74) is -0.900. The number of nitrogens with zero attached hydrogens (tertiary/aromatic N) is 1. The third-order valence-corrected chi connectivity index (χ3v) is 4.21. The van der Waals surface area contributed by atoms with E-state index in [1.54, 1.807) is 7.05 Å². The van der Waals surface area contributed by atoms with Crippen molar-refractivity contribution in [2.75, 3.05) is 26.7 Å². The summed E-state index contributed by atoms with van der Waals surface area (Å²) in [5.74, 6) is -0.752. The van der Waals surface area contributed by atoms with E-state index in [1.165, 1.54) is 0 Å². The van der Waals surface area contributed by atoms with Crippen LogP contribution in [-0.4, -0.2) is 59.9 Å². The largest absolute Gasteiger partial charge is 0.480 e. The fraction of sp³-hybridized carbons (Fsp3) is 0.933. The molecule has 0 saturated carbocycles. The van der Waals surface area contributed by atoms with Gasteiger partial charge < -0.3 is 15.2 Å². The maximum absolute atomic E-state index is 11.4. The number of carbonyl (C=O) groups is 1. The molecule has 1 aliphatic rings. The second-order valence-electron chi connectivity index (χ2n) is 6.52. The third kappa shape index (κ3) is 4.43. The molecule has 2 N–H and O–H groups in total. The summed E-state index contributed by atoms with van der Waals surface area (Å²) in [7, 11) is 1.73. The average molecular weight is 286 g/mol. The van der Waals surface area contributed by atoms with Crippen LogP contribution in [-0.2, 0) is 9.53 Å². The normalized spacial score (nSPS) is 26.1. The first-order valence-electron chi connectivity index (χ1n) is 7.57. The van der Waals surface area contributed by atoms with Crippen LogP contribution in [0.25, 0.3) is 0 Å². The van der Waals surface area contributed by atoms with Crippen molar-refractivity contribution in [1.29, 1.82) is 0 Å². The Balaban J connectivity index is 2.49. The Kier molecular flexibility index (Phi) is 5.98. The molecule has 0 aromatic heterocycles. The fourth-order valence-corrected chi connectivity index (χ4v) is 3.20. The zero-order valence-corrected chi connectivity index (χ0v) is 13.5. The number of carboxylic acids is 1. The number of nitrogens with one attached hydrogen (secondary N) is 1. The van der Waals surface area contributed by atoms with E-state index in [0.717, 1.165) is 26.1 Å². The third-order valence-electron chi connectivity index (χ3n) is 4.21. The van der Waals surface area contributed by atoms with Gasteiger partial charge in [0.1, 0.15) is 5.54 Å². The lowest BCUT2D eigenvalue weighted by Crippen LogP contribution is -2.53. The summed E-state index contributed by atoms with van der Waals surface area (Å²) in [6.45, 7) is 11.0. The summed E-state index contributed by atoms with van der Waals surface area (Å²) in [5, 5.41) is 12.4. The molecule has 0 aliphatic carbocycles. The highest BCUT2D eigenvalue weighted by atomic mass is 16.5. The van der Waals surface area contributed by atoms with Crippen LogP contribution in [0.15, 0.2) is 0 Å². The SMILES string of the molecule is CCC(CCCN1CC(C)OC(C)(C)C1)(NC)C(=O)O. The van der Waals surface area contributed by atoms with Crippen LogP contribution in [0.2, 0.25) is 0 Å². The van der Waals surface area contributed by atoms with Gasteiger partial charge in [-0.2, -0.15) is 0 Å². The molecule has 1 saturated heterocycles. The lowest BCUT2D eigenvalue weighted by molar-refractivity contribution is -0.145. The summed E-state index contributed by atoms with van der Waals surface area (Å²) in [6, 6.07) is 0. The van der Waals surface area contributed by atoms with Gasteiger partial charge >= 0.3 is 5.97 Å². The molecule has 118 valence electrons. The second kappa shape index (κ2) is 6.87. The highest BCUT2D eigenvalue weighted by Crippen LogP contribution is 2.22. The van der Waals surface area contributed by atoms with Crippen molar-refractivity contribution >= 4 is 5.97 Å². The number of ether oxygens (including phenoxy) is 1. The molecule has 1 heterocycles. The molecular formula is C15H30N2O3. The van der Waals surface area contributed by atoms with Crippen LogP contribution < -0.4 is 5.32 Å². The van der Waals surface area contributed by atoms with E-state index in [0.29, 0.717) is 12.8 Å². The van der Waals surface area contributed by atoms with Crippen molar-refractivity contribution in [3.8, 4) is 0 Å². The van der Waals surface area contributed by atoms with Crippen molar-refractivity contribution in [3.63, 3.8) is 0 Å². The first kappa shape index (κ1) is 17.4. The monoisotopic (exact) mass is 286 g/mol. The van der Waals surface area contributed by atoms with Crippen LogP contribution >= 0.6 is 0 Å². The number of morpholine rings is 1. The van der Waals surface area contributed by atoms with Gasteiger partial charge in [-0.3, -0.25) is 9.69 Å². The Morgan fingerprint density at radius 3 is 2.65 bits per heavy atom. The molecule has 2 atom stereocenters. The number of rotatable bonds is 7. The van der Waals surface area contributed by atoms with Gasteiger partial charge in [0.05, 0.1) is 11.7 Å². The molecular weight excluding hydrogens is 256 g/mol. The molecule has 0 bridgehead atoms. The minimum absolute atomic E-state index is 0.116. The zero-order valence-electron chi connectivity index (χ0n) is 13.5. The van der Waals surface area contributed by atoms with E-state index >= 15 is 0 Å². The van der Waals surface area contributed by atoms with E-state index in [2.05, 4.69) is 31.0 Å². The van der Waals surface area contributed by atoms with Gasteiger partial charge in [0.15, 0.2) is 0 Å². The molecule has 5 nitrogen and oxygen atoms in total. The second-order valence-corrected chi connectivity index (χ2v) is 6.52. The Labute approximate surface area is 122 Å². The Morgan fingerprint density at radius 1 is 1.55 bits per heavy atom. The summed E-state index contributed by atoms with van der Waals surface area (Å²) >= 11 is 0. The standard InChI is InChI=1S/C15H30N2O3/c1-6-15(16-5,13(18)19)8-7-9-17-10-12(2)20-14(3,4)11-17/h12,16H,6-11H2,1-5H3,(H,18,19). The number of likely N-dealkylation sites (N-methyl/N-ethyl adjacent to an activating group) is 1. The fourth-order valence-electron chi connectivity index (χ4n) is 3.20. The maximum Gasteiger partial charge on any atom is 0.323 e. The molecule has 0 radical (unpaired) electrons. The van der Waals surface area contributed by atoms with E-state index in [9.17, 15) is 9.90 Å². The van der Waals surface area contributed by atoms with E-state index in [1.807, 2.05) is 6.92 Å². The molecule has 1 rings (SSSR count). The molecule has 0 spiro atoms. The topological polar surface area (TPSA) is 61.8 Å². The predicted octanol–water partition coefficient (Wildman–Crippen LogP) is 1.72. The number of aliphatic carboxylic acids is 1. The molecule has 0 aromatic rings. The molecule has 0 amide bonds. The van der Waals surface area contributed by atoms with Crippen LogP contribution in [0.5, 0.6) is 0 Å². The lowest BCUT2D eigenvalue weighted by atomic mass is 9.90. The van der Waals surface area contributed by atoms with Crippen molar-refractivity contribution in [3.05, 3.63) is 0 Å². The first-order chi connectivity index (χ1) is 9.24. The Bertz CT molecular complexity index is 327. The average Bonchev–Trinajstić information content (AvgIpc) is 2.32. The van der Waals surface area contributed by atoms with Crippen molar-refractivity contribution in [2.24, 2.45) is 0 Å². The van der Waals surface area contributed by atoms with E-state index < -0.39 is 11.5 Å². The van der Waals surface area contributed by atoms with Crippen LogP contribution in [0, 0.1) is 0 Å². The van der Waals surface area contributed by atoms with Crippen molar-refractivity contribution in [1.82, 2.24) is 10.2 Å². The quantitative estimate of drug-likeness (QED) is 0.746. The molecule has 20 heavy (non-hydrogen) atoms. The molecule has 1 fully saturated rings. The van der Waals surface area contributed by atoms with Gasteiger partial charge in [0.2, 0.25) is 0 Å². The Morgan fingerprint density at radius 2 is 2.20 bits per heavy atom. The van der Waals surface area contributed by atoms with Gasteiger partial charge in [0, 0.05) is 13.1 Å². The van der Waals surface area contributed by atoms with Crippen molar-refractivity contribution in [2.45, 2.75) is 64.2 Å². The zero-order chi connectivity index (χ0) is 15.4.